The van der Waals surface area contributed by atoms with Gasteiger partial charge in [-0.3, -0.25) is 9.59 Å². The average molecular weight is 297 g/mol. The lowest BCUT2D eigenvalue weighted by Crippen LogP contribution is -2.33. The Labute approximate surface area is 129 Å². The molecule has 0 saturated heterocycles. The van der Waals surface area contributed by atoms with Gasteiger partial charge in [0.2, 0.25) is 5.91 Å². The molecule has 0 fully saturated rings. The van der Waals surface area contributed by atoms with E-state index >= 15 is 0 Å². The van der Waals surface area contributed by atoms with E-state index < -0.39 is 11.9 Å². The van der Waals surface area contributed by atoms with Gasteiger partial charge in [0, 0.05) is 19.5 Å². The highest BCUT2D eigenvalue weighted by atomic mass is 16.4. The lowest BCUT2D eigenvalue weighted by atomic mass is 9.97. The molecule has 0 aromatic carbocycles. The van der Waals surface area contributed by atoms with Crippen LogP contribution < -0.4 is 0 Å². The van der Waals surface area contributed by atoms with Crippen molar-refractivity contribution in [3.05, 3.63) is 12.2 Å². The largest absolute Gasteiger partial charge is 0.481 e. The van der Waals surface area contributed by atoms with Crippen molar-refractivity contribution in [3.8, 4) is 0 Å². The summed E-state index contributed by atoms with van der Waals surface area (Å²) in [6.45, 7) is 7.28. The quantitative estimate of drug-likeness (QED) is 0.439. The average Bonchev–Trinajstić information content (AvgIpc) is 2.46. The van der Waals surface area contributed by atoms with Gasteiger partial charge in [0.05, 0.1) is 5.92 Å². The summed E-state index contributed by atoms with van der Waals surface area (Å²) in [5.41, 5.74) is 0. The van der Waals surface area contributed by atoms with Crippen LogP contribution >= 0.6 is 0 Å². The van der Waals surface area contributed by atoms with E-state index in [4.69, 9.17) is 0 Å². The fraction of sp³-hybridized carbons (Fsp3) is 0.765. The molecular formula is C17H31NO3. The molecule has 1 amide bonds. The van der Waals surface area contributed by atoms with Crippen LogP contribution in [-0.2, 0) is 9.59 Å². The molecule has 0 rings (SSSR count). The van der Waals surface area contributed by atoms with E-state index in [1.165, 1.54) is 12.8 Å². The standard InChI is InChI=1S/C17H31NO3/c1-4-7-8-9-10-11-12-13-15(17(20)21)14-16(19)18(5-2)6-3/h9-10,15H,4-8,11-14H2,1-3H3,(H,20,21)/b10-9+. The maximum Gasteiger partial charge on any atom is 0.307 e. The van der Waals surface area contributed by atoms with Crippen molar-refractivity contribution in [2.45, 2.75) is 65.7 Å². The Morgan fingerprint density at radius 3 is 2.10 bits per heavy atom. The van der Waals surface area contributed by atoms with Crippen molar-refractivity contribution in [2.24, 2.45) is 5.92 Å². The molecule has 122 valence electrons. The SMILES string of the molecule is CCCC/C=C/CCCC(CC(=O)N(CC)CC)C(=O)O. The predicted octanol–water partition coefficient (Wildman–Crippen LogP) is 3.86. The van der Waals surface area contributed by atoms with Gasteiger partial charge >= 0.3 is 5.97 Å². The second-order valence-electron chi connectivity index (χ2n) is 5.35. The fourth-order valence-electron chi connectivity index (χ4n) is 2.27. The number of hydrogen-bond acceptors (Lipinski definition) is 2. The zero-order chi connectivity index (χ0) is 16.1. The molecule has 0 bridgehead atoms. The van der Waals surface area contributed by atoms with Crippen molar-refractivity contribution in [3.63, 3.8) is 0 Å². The molecule has 0 radical (unpaired) electrons. The number of carboxylic acids is 1. The fourth-order valence-corrected chi connectivity index (χ4v) is 2.27. The van der Waals surface area contributed by atoms with Crippen molar-refractivity contribution < 1.29 is 14.7 Å². The van der Waals surface area contributed by atoms with Crippen LogP contribution in [0, 0.1) is 5.92 Å². The number of carbonyl (C=O) groups is 2. The maximum atomic E-state index is 12.0. The van der Waals surface area contributed by atoms with Gasteiger partial charge in [0.1, 0.15) is 0 Å². The summed E-state index contributed by atoms with van der Waals surface area (Å²) < 4.78 is 0. The van der Waals surface area contributed by atoms with Gasteiger partial charge in [0.25, 0.3) is 0 Å². The minimum Gasteiger partial charge on any atom is -0.481 e. The van der Waals surface area contributed by atoms with Crippen LogP contribution in [-0.4, -0.2) is 35.0 Å². The van der Waals surface area contributed by atoms with Crippen LogP contribution in [0.2, 0.25) is 0 Å². The Kier molecular flexibility index (Phi) is 11.6. The molecule has 1 unspecified atom stereocenters. The van der Waals surface area contributed by atoms with E-state index in [1.54, 1.807) is 4.90 Å². The summed E-state index contributed by atoms with van der Waals surface area (Å²) in [7, 11) is 0. The van der Waals surface area contributed by atoms with Crippen LogP contribution in [0.1, 0.15) is 65.7 Å². The van der Waals surface area contributed by atoms with Gasteiger partial charge in [-0.05, 0) is 39.5 Å². The third-order valence-corrected chi connectivity index (χ3v) is 3.70. The monoisotopic (exact) mass is 297 g/mol. The number of nitrogens with zero attached hydrogens (tertiary/aromatic N) is 1. The Morgan fingerprint density at radius 2 is 1.62 bits per heavy atom. The van der Waals surface area contributed by atoms with Crippen LogP contribution in [0.4, 0.5) is 0 Å². The number of hydrogen-bond donors (Lipinski definition) is 1. The first-order valence-corrected chi connectivity index (χ1v) is 8.22. The summed E-state index contributed by atoms with van der Waals surface area (Å²) in [6.07, 6.45) is 10.2. The number of carboxylic acid groups (broad SMARTS) is 1. The summed E-state index contributed by atoms with van der Waals surface area (Å²) in [5.74, 6) is -1.46. The van der Waals surface area contributed by atoms with Crippen molar-refractivity contribution in [1.29, 1.82) is 0 Å². The molecule has 0 aliphatic rings. The molecule has 0 aliphatic carbocycles. The highest BCUT2D eigenvalue weighted by Gasteiger charge is 2.22. The summed E-state index contributed by atoms with van der Waals surface area (Å²) in [4.78, 5) is 24.9. The van der Waals surface area contributed by atoms with Gasteiger partial charge in [0.15, 0.2) is 0 Å². The zero-order valence-electron chi connectivity index (χ0n) is 13.8. The van der Waals surface area contributed by atoms with Crippen molar-refractivity contribution >= 4 is 11.9 Å². The third-order valence-electron chi connectivity index (χ3n) is 3.70. The molecule has 0 spiro atoms. The molecule has 0 saturated carbocycles. The van der Waals surface area contributed by atoms with E-state index in [9.17, 15) is 14.7 Å². The lowest BCUT2D eigenvalue weighted by molar-refractivity contribution is -0.146. The third kappa shape index (κ3) is 9.27. The highest BCUT2D eigenvalue weighted by molar-refractivity contribution is 5.82. The number of aliphatic carboxylic acids is 1. The molecule has 0 aromatic heterocycles. The second kappa shape index (κ2) is 12.4. The molecule has 1 N–H and O–H groups in total. The summed E-state index contributed by atoms with van der Waals surface area (Å²) in [6, 6.07) is 0. The first-order valence-electron chi connectivity index (χ1n) is 8.22. The number of carbonyl (C=O) groups excluding carboxylic acids is 1. The van der Waals surface area contributed by atoms with Gasteiger partial charge in [-0.15, -0.1) is 0 Å². The van der Waals surface area contributed by atoms with Crippen LogP contribution in [0.25, 0.3) is 0 Å². The van der Waals surface area contributed by atoms with E-state index in [2.05, 4.69) is 19.1 Å². The molecule has 21 heavy (non-hydrogen) atoms. The minimum atomic E-state index is -0.856. The van der Waals surface area contributed by atoms with Gasteiger partial charge in [-0.25, -0.2) is 0 Å². The van der Waals surface area contributed by atoms with Crippen molar-refractivity contribution in [1.82, 2.24) is 4.90 Å². The topological polar surface area (TPSA) is 57.6 Å². The Morgan fingerprint density at radius 1 is 1.05 bits per heavy atom. The molecule has 1 atom stereocenters. The molecular weight excluding hydrogens is 266 g/mol. The van der Waals surface area contributed by atoms with E-state index in [0.717, 1.165) is 19.3 Å². The van der Waals surface area contributed by atoms with E-state index in [-0.39, 0.29) is 12.3 Å². The predicted molar refractivity (Wildman–Crippen MR) is 86.2 cm³/mol. The van der Waals surface area contributed by atoms with Crippen molar-refractivity contribution in [2.75, 3.05) is 13.1 Å². The van der Waals surface area contributed by atoms with Gasteiger partial charge in [-0.1, -0.05) is 31.9 Å². The first kappa shape index (κ1) is 19.7. The van der Waals surface area contributed by atoms with Crippen LogP contribution in [0.15, 0.2) is 12.2 Å². The highest BCUT2D eigenvalue weighted by Crippen LogP contribution is 2.15. The summed E-state index contributed by atoms with van der Waals surface area (Å²) >= 11 is 0. The minimum absolute atomic E-state index is 0.0501. The van der Waals surface area contributed by atoms with Gasteiger partial charge < -0.3 is 10.0 Å². The smallest absolute Gasteiger partial charge is 0.307 e. The normalized spacial score (nSPS) is 12.5. The van der Waals surface area contributed by atoms with E-state index in [1.807, 2.05) is 13.8 Å². The van der Waals surface area contributed by atoms with Gasteiger partial charge in [-0.2, -0.15) is 0 Å². The van der Waals surface area contributed by atoms with Crippen LogP contribution in [0.5, 0.6) is 0 Å². The number of amides is 1. The number of rotatable bonds is 12. The Balaban J connectivity index is 4.11. The van der Waals surface area contributed by atoms with E-state index in [0.29, 0.717) is 19.5 Å². The summed E-state index contributed by atoms with van der Waals surface area (Å²) in [5, 5.41) is 9.23. The van der Waals surface area contributed by atoms with Crippen LogP contribution in [0.3, 0.4) is 0 Å². The Hall–Kier alpha value is -1.32. The molecule has 4 nitrogen and oxygen atoms in total. The second-order valence-corrected chi connectivity index (χ2v) is 5.35. The number of allylic oxidation sites excluding steroid dienone is 2. The maximum absolute atomic E-state index is 12.0. The number of unbranched alkanes of at least 4 members (excludes halogenated alkanes) is 3. The molecule has 4 heteroatoms. The lowest BCUT2D eigenvalue weighted by Gasteiger charge is -2.20. The first-order chi connectivity index (χ1) is 10.1. The molecule has 0 aromatic rings. The Bertz CT molecular complexity index is 322. The molecule has 0 heterocycles. The molecule has 0 aliphatic heterocycles. The zero-order valence-corrected chi connectivity index (χ0v) is 13.8.